The molecule has 0 aromatic heterocycles. The van der Waals surface area contributed by atoms with Crippen LogP contribution in [0.2, 0.25) is 0 Å². The lowest BCUT2D eigenvalue weighted by molar-refractivity contribution is -0.404. The molecular weight excluding hydrogens is 172 g/mol. The van der Waals surface area contributed by atoms with Crippen LogP contribution < -0.4 is 16.4 Å². The highest BCUT2D eigenvalue weighted by molar-refractivity contribution is 5.04. The van der Waals surface area contributed by atoms with Crippen LogP contribution in [-0.2, 0) is 0 Å². The highest BCUT2D eigenvalue weighted by Crippen LogP contribution is 1.80. The van der Waals surface area contributed by atoms with E-state index in [0.717, 1.165) is 6.20 Å². The van der Waals surface area contributed by atoms with Gasteiger partial charge >= 0.3 is 0 Å². The molecule has 0 fully saturated rings. The monoisotopic (exact) mass is 184 g/mol. The molecule has 0 aromatic carbocycles. The number of nitro groups is 1. The van der Waals surface area contributed by atoms with Crippen molar-refractivity contribution >= 4 is 0 Å². The number of hydrogen-bond donors (Lipinski definition) is 3. The molecule has 0 radical (unpaired) electrons. The van der Waals surface area contributed by atoms with Gasteiger partial charge in [0, 0.05) is 7.05 Å². The number of nitrogens with zero attached hydrogens (tertiary/aromatic N) is 1. The van der Waals surface area contributed by atoms with E-state index in [4.69, 9.17) is 5.73 Å². The first-order chi connectivity index (χ1) is 6.20. The summed E-state index contributed by atoms with van der Waals surface area (Å²) in [4.78, 5) is 9.50. The summed E-state index contributed by atoms with van der Waals surface area (Å²) in [6.45, 7) is 0.618. The minimum atomic E-state index is -0.546. The first kappa shape index (κ1) is 11.3. The molecule has 0 aliphatic rings. The Balaban J connectivity index is 3.92. The van der Waals surface area contributed by atoms with Gasteiger partial charge in [-0.15, -0.1) is 0 Å². The quantitative estimate of drug-likeness (QED) is 0.291. The van der Waals surface area contributed by atoms with Gasteiger partial charge in [-0.05, 0) is 0 Å². The molecule has 0 aliphatic carbocycles. The third-order valence-corrected chi connectivity index (χ3v) is 1.10. The fourth-order valence-corrected chi connectivity index (χ4v) is 0.578. The molecule has 0 unspecified atom stereocenters. The predicted molar refractivity (Wildman–Crippen MR) is 49.0 cm³/mol. The molecular formula is C7H12N4O2. The van der Waals surface area contributed by atoms with Gasteiger partial charge in [-0.3, -0.25) is 10.1 Å². The van der Waals surface area contributed by atoms with E-state index in [1.165, 1.54) is 0 Å². The van der Waals surface area contributed by atoms with Crippen LogP contribution in [0.5, 0.6) is 0 Å². The summed E-state index contributed by atoms with van der Waals surface area (Å²) < 4.78 is 0. The van der Waals surface area contributed by atoms with E-state index in [9.17, 15) is 10.1 Å². The van der Waals surface area contributed by atoms with Crippen molar-refractivity contribution in [1.82, 2.24) is 10.6 Å². The second-order valence-electron chi connectivity index (χ2n) is 1.99. The summed E-state index contributed by atoms with van der Waals surface area (Å²) in [5, 5.41) is 15.4. The Labute approximate surface area is 76.3 Å². The highest BCUT2D eigenvalue weighted by atomic mass is 16.6. The van der Waals surface area contributed by atoms with Crippen molar-refractivity contribution in [2.45, 2.75) is 0 Å². The van der Waals surface area contributed by atoms with Crippen LogP contribution >= 0.6 is 0 Å². The Bertz CT molecular complexity index is 251. The van der Waals surface area contributed by atoms with Crippen molar-refractivity contribution in [3.8, 4) is 11.8 Å². The lowest BCUT2D eigenvalue weighted by Gasteiger charge is -2.02. The molecule has 0 saturated carbocycles. The van der Waals surface area contributed by atoms with Crippen LogP contribution in [0.25, 0.3) is 0 Å². The predicted octanol–water partition coefficient (Wildman–Crippen LogP) is -1.17. The molecule has 0 heterocycles. The van der Waals surface area contributed by atoms with E-state index in [1.54, 1.807) is 7.05 Å². The van der Waals surface area contributed by atoms with E-state index in [0.29, 0.717) is 12.4 Å². The molecule has 72 valence electrons. The first-order valence-corrected chi connectivity index (χ1v) is 3.63. The third-order valence-electron chi connectivity index (χ3n) is 1.10. The van der Waals surface area contributed by atoms with Gasteiger partial charge in [0.05, 0.1) is 18.0 Å². The molecule has 0 bridgehead atoms. The zero-order valence-corrected chi connectivity index (χ0v) is 7.33. The molecule has 4 N–H and O–H groups in total. The topological polar surface area (TPSA) is 93.2 Å². The molecule has 6 heteroatoms. The Hall–Kier alpha value is -1.74. The zero-order chi connectivity index (χ0) is 10.1. The summed E-state index contributed by atoms with van der Waals surface area (Å²) in [6, 6.07) is 0. The van der Waals surface area contributed by atoms with Crippen LogP contribution in [0, 0.1) is 22.0 Å². The molecule has 6 nitrogen and oxygen atoms in total. The Kier molecular flexibility index (Phi) is 6.01. The van der Waals surface area contributed by atoms with E-state index in [-0.39, 0.29) is 6.54 Å². The summed E-state index contributed by atoms with van der Waals surface area (Å²) >= 11 is 0. The molecule has 0 saturated heterocycles. The van der Waals surface area contributed by atoms with Crippen molar-refractivity contribution in [3.63, 3.8) is 0 Å². The van der Waals surface area contributed by atoms with Crippen molar-refractivity contribution < 1.29 is 4.92 Å². The normalized spacial score (nSPS) is 9.85. The second-order valence-corrected chi connectivity index (χ2v) is 1.99. The smallest absolute Gasteiger partial charge is 0.274 e. The molecule has 0 spiro atoms. The highest BCUT2D eigenvalue weighted by Gasteiger charge is 1.96. The lowest BCUT2D eigenvalue weighted by atomic mass is 10.5. The average molecular weight is 184 g/mol. The second kappa shape index (κ2) is 6.94. The maximum atomic E-state index is 10.1. The molecule has 0 rings (SSSR count). The van der Waals surface area contributed by atoms with Crippen molar-refractivity contribution in [3.05, 3.63) is 22.1 Å². The van der Waals surface area contributed by atoms with Gasteiger partial charge in [0.2, 0.25) is 0 Å². The molecule has 0 aromatic rings. The Morgan fingerprint density at radius 2 is 2.38 bits per heavy atom. The number of hydrogen-bond acceptors (Lipinski definition) is 5. The number of rotatable bonds is 4. The van der Waals surface area contributed by atoms with Crippen LogP contribution in [0.15, 0.2) is 12.0 Å². The van der Waals surface area contributed by atoms with Crippen molar-refractivity contribution in [2.75, 3.05) is 20.1 Å². The fourth-order valence-electron chi connectivity index (χ4n) is 0.578. The van der Waals surface area contributed by atoms with Gasteiger partial charge in [-0.25, -0.2) is 0 Å². The maximum absolute atomic E-state index is 10.1. The minimum Gasteiger partial charge on any atom is -0.370 e. The van der Waals surface area contributed by atoms with Crippen LogP contribution in [0.4, 0.5) is 0 Å². The SMILES string of the molecule is CNC(=C[N+](=O)[O-])NCC#CCN. The lowest BCUT2D eigenvalue weighted by Crippen LogP contribution is -2.24. The Morgan fingerprint density at radius 1 is 1.69 bits per heavy atom. The van der Waals surface area contributed by atoms with Gasteiger partial charge in [-0.2, -0.15) is 0 Å². The molecule has 0 aliphatic heterocycles. The maximum Gasteiger partial charge on any atom is 0.274 e. The minimum absolute atomic E-state index is 0.287. The molecule has 0 atom stereocenters. The zero-order valence-electron chi connectivity index (χ0n) is 7.33. The van der Waals surface area contributed by atoms with Crippen molar-refractivity contribution in [2.24, 2.45) is 5.73 Å². The van der Waals surface area contributed by atoms with Gasteiger partial charge in [-0.1, -0.05) is 11.8 Å². The van der Waals surface area contributed by atoms with E-state index in [2.05, 4.69) is 22.5 Å². The van der Waals surface area contributed by atoms with Gasteiger partial charge in [0.1, 0.15) is 0 Å². The summed E-state index contributed by atoms with van der Waals surface area (Å²) in [7, 11) is 1.58. The van der Waals surface area contributed by atoms with Crippen LogP contribution in [-0.4, -0.2) is 25.1 Å². The average Bonchev–Trinajstić information content (AvgIpc) is 2.09. The van der Waals surface area contributed by atoms with Gasteiger partial charge < -0.3 is 16.4 Å². The van der Waals surface area contributed by atoms with Gasteiger partial charge in [0.15, 0.2) is 5.82 Å². The number of nitrogens with one attached hydrogen (secondary N) is 2. The summed E-state index contributed by atoms with van der Waals surface area (Å²) in [5.41, 5.74) is 5.12. The fraction of sp³-hybridized carbons (Fsp3) is 0.429. The molecule has 0 amide bonds. The standard InChI is InChI=1S/C7H12N4O2/c1-9-7(6-11(12)13)10-5-3-2-4-8/h6,9-10H,4-5,8H2,1H3. The van der Waals surface area contributed by atoms with Crippen LogP contribution in [0.3, 0.4) is 0 Å². The summed E-state index contributed by atoms with van der Waals surface area (Å²) in [5.74, 6) is 5.62. The van der Waals surface area contributed by atoms with Crippen LogP contribution in [0.1, 0.15) is 0 Å². The van der Waals surface area contributed by atoms with E-state index in [1.807, 2.05) is 0 Å². The number of nitrogens with two attached hydrogens (primary N) is 1. The Morgan fingerprint density at radius 3 is 2.85 bits per heavy atom. The largest absolute Gasteiger partial charge is 0.370 e. The van der Waals surface area contributed by atoms with Crippen molar-refractivity contribution in [1.29, 1.82) is 0 Å². The molecule has 13 heavy (non-hydrogen) atoms. The first-order valence-electron chi connectivity index (χ1n) is 3.63. The van der Waals surface area contributed by atoms with Gasteiger partial charge in [0.25, 0.3) is 6.20 Å². The summed E-state index contributed by atoms with van der Waals surface area (Å²) in [6.07, 6.45) is 0.837. The van der Waals surface area contributed by atoms with E-state index >= 15 is 0 Å². The van der Waals surface area contributed by atoms with E-state index < -0.39 is 4.92 Å². The third kappa shape index (κ3) is 6.65.